The first-order valence-corrected chi connectivity index (χ1v) is 12.0. The third kappa shape index (κ3) is 6.12. The second kappa shape index (κ2) is 11.9. The molecule has 8 nitrogen and oxygen atoms in total. The maximum Gasteiger partial charge on any atom is 0.303 e. The van der Waals surface area contributed by atoms with Crippen LogP contribution in [0.1, 0.15) is 54.2 Å². The van der Waals surface area contributed by atoms with Crippen LogP contribution in [-0.2, 0) is 20.8 Å². The molecule has 1 heterocycles. The molecule has 190 valence electrons. The number of ether oxygens (including phenoxy) is 1. The number of rotatable bonds is 10. The second-order valence-electron chi connectivity index (χ2n) is 8.54. The monoisotopic (exact) mass is 512 g/mol. The molecular formula is C27H29ClN2O6. The number of unbranched alkanes of at least 4 members (excludes halogenated alkanes) is 2. The molecule has 1 N–H and O–H groups in total. The van der Waals surface area contributed by atoms with E-state index in [2.05, 4.69) is 0 Å². The number of carboxylic acid groups (broad SMARTS) is 1. The standard InChI is InChI=1S/C27H29ClN2O6/c1-17-22(16-25(32)29(18(2)31)14-6-4-5-7-26(33)34)23-15-21(36-3)12-13-24(23)30(17)27(35)19-8-10-20(28)11-9-19/h8-13,15H,4-7,14,16H2,1-3H3,(H,33,34). The zero-order valence-corrected chi connectivity index (χ0v) is 21.3. The van der Waals surface area contributed by atoms with Gasteiger partial charge in [0.2, 0.25) is 11.8 Å². The number of halogens is 1. The number of nitrogens with zero attached hydrogens (tertiary/aromatic N) is 2. The zero-order valence-electron chi connectivity index (χ0n) is 20.5. The van der Waals surface area contributed by atoms with Crippen molar-refractivity contribution in [1.29, 1.82) is 0 Å². The molecule has 0 saturated heterocycles. The number of benzene rings is 2. The average molecular weight is 513 g/mol. The van der Waals surface area contributed by atoms with Gasteiger partial charge in [0.1, 0.15) is 5.75 Å². The molecule has 3 aromatic rings. The Bertz CT molecular complexity index is 1300. The molecule has 2 aromatic carbocycles. The SMILES string of the molecule is COc1ccc2c(c1)c(CC(=O)N(CCCCCC(=O)O)C(C)=O)c(C)n2C(=O)c1ccc(Cl)cc1. The van der Waals surface area contributed by atoms with Crippen molar-refractivity contribution in [2.45, 2.75) is 46.0 Å². The Hall–Kier alpha value is -3.65. The molecule has 0 aliphatic heterocycles. The number of fused-ring (bicyclic) bond motifs is 1. The number of methoxy groups -OCH3 is 1. The molecule has 0 bridgehead atoms. The summed E-state index contributed by atoms with van der Waals surface area (Å²) in [5.74, 6) is -1.32. The smallest absolute Gasteiger partial charge is 0.303 e. The van der Waals surface area contributed by atoms with Crippen LogP contribution in [0.2, 0.25) is 5.02 Å². The minimum Gasteiger partial charge on any atom is -0.497 e. The van der Waals surface area contributed by atoms with E-state index in [1.807, 2.05) is 0 Å². The molecule has 0 spiro atoms. The first-order valence-electron chi connectivity index (χ1n) is 11.6. The summed E-state index contributed by atoms with van der Waals surface area (Å²) < 4.78 is 6.93. The molecule has 0 unspecified atom stereocenters. The van der Waals surface area contributed by atoms with E-state index in [4.69, 9.17) is 21.4 Å². The topological polar surface area (TPSA) is 106 Å². The van der Waals surface area contributed by atoms with Gasteiger partial charge in [0.15, 0.2) is 0 Å². The van der Waals surface area contributed by atoms with Gasteiger partial charge in [-0.1, -0.05) is 18.0 Å². The fraction of sp³-hybridized carbons (Fsp3) is 0.333. The molecule has 3 rings (SSSR count). The van der Waals surface area contributed by atoms with Gasteiger partial charge in [0.05, 0.1) is 19.0 Å². The van der Waals surface area contributed by atoms with Crippen LogP contribution in [0.3, 0.4) is 0 Å². The van der Waals surface area contributed by atoms with E-state index in [0.717, 1.165) is 0 Å². The average Bonchev–Trinajstić information content (AvgIpc) is 3.11. The highest BCUT2D eigenvalue weighted by molar-refractivity contribution is 6.30. The van der Waals surface area contributed by atoms with Gasteiger partial charge in [-0.15, -0.1) is 0 Å². The predicted molar refractivity (Wildman–Crippen MR) is 137 cm³/mol. The van der Waals surface area contributed by atoms with Crippen molar-refractivity contribution in [1.82, 2.24) is 9.47 Å². The zero-order chi connectivity index (χ0) is 26.4. The van der Waals surface area contributed by atoms with E-state index < -0.39 is 5.97 Å². The molecule has 36 heavy (non-hydrogen) atoms. The molecule has 2 amide bonds. The van der Waals surface area contributed by atoms with Gasteiger partial charge in [0.25, 0.3) is 5.91 Å². The van der Waals surface area contributed by atoms with Crippen molar-refractivity contribution in [3.63, 3.8) is 0 Å². The summed E-state index contributed by atoms with van der Waals surface area (Å²) in [6.07, 6.45) is 1.56. The third-order valence-corrected chi connectivity index (χ3v) is 6.37. The second-order valence-corrected chi connectivity index (χ2v) is 8.98. The van der Waals surface area contributed by atoms with Crippen molar-refractivity contribution >= 4 is 46.2 Å². The molecule has 9 heteroatoms. The van der Waals surface area contributed by atoms with Gasteiger partial charge in [-0.2, -0.15) is 0 Å². The van der Waals surface area contributed by atoms with Gasteiger partial charge in [-0.3, -0.25) is 28.6 Å². The van der Waals surface area contributed by atoms with E-state index in [1.165, 1.54) is 18.9 Å². The predicted octanol–water partition coefficient (Wildman–Crippen LogP) is 4.86. The number of aromatic nitrogens is 1. The molecule has 0 aliphatic carbocycles. The van der Waals surface area contributed by atoms with Gasteiger partial charge >= 0.3 is 5.97 Å². The molecule has 0 radical (unpaired) electrons. The van der Waals surface area contributed by atoms with Crippen LogP contribution in [0.5, 0.6) is 5.75 Å². The van der Waals surface area contributed by atoms with Gasteiger partial charge in [-0.25, -0.2) is 0 Å². The number of hydrogen-bond donors (Lipinski definition) is 1. The molecule has 0 saturated carbocycles. The maximum atomic E-state index is 13.4. The van der Waals surface area contributed by atoms with Crippen LogP contribution in [0.25, 0.3) is 10.9 Å². The first kappa shape index (κ1) is 26.9. The third-order valence-electron chi connectivity index (χ3n) is 6.12. The van der Waals surface area contributed by atoms with E-state index in [9.17, 15) is 19.2 Å². The summed E-state index contributed by atoms with van der Waals surface area (Å²) in [5.41, 5.74) is 2.30. The summed E-state index contributed by atoms with van der Waals surface area (Å²) in [5, 5.41) is 9.98. The number of carboxylic acids is 1. The normalized spacial score (nSPS) is 10.9. The lowest BCUT2D eigenvalue weighted by atomic mass is 10.1. The lowest BCUT2D eigenvalue weighted by Gasteiger charge is -2.19. The van der Waals surface area contributed by atoms with Gasteiger partial charge < -0.3 is 9.84 Å². The number of carbonyl (C=O) groups excluding carboxylic acids is 3. The molecule has 0 aliphatic rings. The Morgan fingerprint density at radius 3 is 2.33 bits per heavy atom. The number of amides is 2. The first-order chi connectivity index (χ1) is 17.1. The van der Waals surface area contributed by atoms with Crippen LogP contribution in [0, 0.1) is 6.92 Å². The van der Waals surface area contributed by atoms with E-state index in [1.54, 1.807) is 54.0 Å². The number of carbonyl (C=O) groups is 4. The van der Waals surface area contributed by atoms with Crippen molar-refractivity contribution < 1.29 is 29.0 Å². The minimum absolute atomic E-state index is 0.0518. The lowest BCUT2D eigenvalue weighted by Crippen LogP contribution is -2.37. The Morgan fingerprint density at radius 1 is 1.03 bits per heavy atom. The fourth-order valence-corrected chi connectivity index (χ4v) is 4.35. The van der Waals surface area contributed by atoms with Gasteiger partial charge in [-0.05, 0) is 67.8 Å². The number of hydrogen-bond acceptors (Lipinski definition) is 5. The number of aliphatic carboxylic acids is 1. The fourth-order valence-electron chi connectivity index (χ4n) is 4.22. The summed E-state index contributed by atoms with van der Waals surface area (Å²) >= 11 is 5.98. The summed E-state index contributed by atoms with van der Waals surface area (Å²) in [6.45, 7) is 3.31. The molecular weight excluding hydrogens is 484 g/mol. The van der Waals surface area contributed by atoms with Crippen LogP contribution in [0.15, 0.2) is 42.5 Å². The highest BCUT2D eigenvalue weighted by Gasteiger charge is 2.25. The Balaban J connectivity index is 1.94. The van der Waals surface area contributed by atoms with Crippen molar-refractivity contribution in [2.75, 3.05) is 13.7 Å². The molecule has 0 atom stereocenters. The highest BCUT2D eigenvalue weighted by atomic mass is 35.5. The van der Waals surface area contributed by atoms with Crippen molar-refractivity contribution in [3.05, 3.63) is 64.3 Å². The summed E-state index contributed by atoms with van der Waals surface area (Å²) in [4.78, 5) is 50.8. The molecule has 0 fully saturated rings. The largest absolute Gasteiger partial charge is 0.497 e. The van der Waals surface area contributed by atoms with E-state index in [0.29, 0.717) is 57.8 Å². The van der Waals surface area contributed by atoms with Crippen LogP contribution in [0.4, 0.5) is 0 Å². The van der Waals surface area contributed by atoms with Crippen molar-refractivity contribution in [3.8, 4) is 5.75 Å². The minimum atomic E-state index is -0.870. The highest BCUT2D eigenvalue weighted by Crippen LogP contribution is 2.31. The summed E-state index contributed by atoms with van der Waals surface area (Å²) in [7, 11) is 1.54. The van der Waals surface area contributed by atoms with Crippen LogP contribution in [-0.4, -0.2) is 51.9 Å². The Morgan fingerprint density at radius 2 is 1.72 bits per heavy atom. The Labute approximate surface area is 214 Å². The van der Waals surface area contributed by atoms with Crippen LogP contribution >= 0.6 is 11.6 Å². The molecule has 1 aromatic heterocycles. The van der Waals surface area contributed by atoms with E-state index in [-0.39, 0.29) is 37.1 Å². The van der Waals surface area contributed by atoms with E-state index >= 15 is 0 Å². The Kier molecular flexibility index (Phi) is 8.88. The van der Waals surface area contributed by atoms with Gasteiger partial charge in [0, 0.05) is 41.6 Å². The maximum absolute atomic E-state index is 13.4. The summed E-state index contributed by atoms with van der Waals surface area (Å²) in [6, 6.07) is 11.9. The quantitative estimate of drug-likeness (QED) is 0.389. The lowest BCUT2D eigenvalue weighted by molar-refractivity contribution is -0.143. The van der Waals surface area contributed by atoms with Crippen molar-refractivity contribution in [2.24, 2.45) is 0 Å². The van der Waals surface area contributed by atoms with Crippen LogP contribution < -0.4 is 4.74 Å². The number of imide groups is 1.